The Labute approximate surface area is 89.0 Å². The molecule has 0 aliphatic heterocycles. The van der Waals surface area contributed by atoms with Gasteiger partial charge >= 0.3 is 0 Å². The van der Waals surface area contributed by atoms with E-state index in [4.69, 9.17) is 5.26 Å². The van der Waals surface area contributed by atoms with Gasteiger partial charge in [0.2, 0.25) is 0 Å². The van der Waals surface area contributed by atoms with Gasteiger partial charge in [-0.1, -0.05) is 13.8 Å². The van der Waals surface area contributed by atoms with Crippen LogP contribution in [0.2, 0.25) is 0 Å². The number of aromatic nitrogens is 1. The fraction of sp³-hybridized carbons (Fsp3) is 0.600. The lowest BCUT2D eigenvalue weighted by molar-refractivity contribution is 0.611. The number of rotatable bonds is 5. The van der Waals surface area contributed by atoms with Crippen LogP contribution in [0.25, 0.3) is 0 Å². The maximum absolute atomic E-state index is 8.55. The Hall–Kier alpha value is -1.08. The summed E-state index contributed by atoms with van der Waals surface area (Å²) in [5.74, 6) is 0.595. The lowest BCUT2D eigenvalue weighted by atomic mass is 10.2. The number of hydrogen-bond donors (Lipinski definition) is 0. The molecule has 0 fully saturated rings. The molecule has 1 aromatic heterocycles. The third-order valence-corrected chi connectivity index (χ3v) is 2.60. The van der Waals surface area contributed by atoms with E-state index < -0.39 is 0 Å². The standard InChI is InChI=1S/C10H15N3S/c1-9(2)8-13(6-3-4-11)10-12-5-7-14-10/h5,7,9H,3,6,8H2,1-2H3. The second kappa shape index (κ2) is 5.61. The molecule has 0 aliphatic rings. The molecule has 1 heterocycles. The van der Waals surface area contributed by atoms with E-state index in [9.17, 15) is 0 Å². The van der Waals surface area contributed by atoms with E-state index in [0.29, 0.717) is 12.3 Å². The van der Waals surface area contributed by atoms with E-state index in [0.717, 1.165) is 18.2 Å². The van der Waals surface area contributed by atoms with E-state index in [2.05, 4.69) is 29.8 Å². The topological polar surface area (TPSA) is 39.9 Å². The fourth-order valence-electron chi connectivity index (χ4n) is 1.26. The highest BCUT2D eigenvalue weighted by atomic mass is 32.1. The van der Waals surface area contributed by atoms with Crippen molar-refractivity contribution in [2.24, 2.45) is 5.92 Å². The Morgan fingerprint density at radius 3 is 2.93 bits per heavy atom. The van der Waals surface area contributed by atoms with Crippen molar-refractivity contribution < 1.29 is 0 Å². The zero-order valence-electron chi connectivity index (χ0n) is 8.60. The highest BCUT2D eigenvalue weighted by molar-refractivity contribution is 7.13. The monoisotopic (exact) mass is 209 g/mol. The van der Waals surface area contributed by atoms with Gasteiger partial charge in [-0.25, -0.2) is 4.98 Å². The van der Waals surface area contributed by atoms with Gasteiger partial charge in [0.15, 0.2) is 5.13 Å². The molecule has 0 unspecified atom stereocenters. The first kappa shape index (κ1) is 11.0. The molecule has 0 aliphatic carbocycles. The molecule has 0 saturated carbocycles. The molecular formula is C10H15N3S. The first-order chi connectivity index (χ1) is 6.74. The Balaban J connectivity index is 2.58. The summed E-state index contributed by atoms with van der Waals surface area (Å²) in [6.45, 7) is 6.09. The third-order valence-electron chi connectivity index (χ3n) is 1.77. The summed E-state index contributed by atoms with van der Waals surface area (Å²) in [5, 5.41) is 11.5. The lowest BCUT2D eigenvalue weighted by Gasteiger charge is -2.22. The van der Waals surface area contributed by atoms with Crippen LogP contribution < -0.4 is 4.90 Å². The average molecular weight is 209 g/mol. The second-order valence-corrected chi connectivity index (χ2v) is 4.44. The number of anilines is 1. The van der Waals surface area contributed by atoms with Gasteiger partial charge in [-0.15, -0.1) is 11.3 Å². The van der Waals surface area contributed by atoms with Crippen LogP contribution in [-0.2, 0) is 0 Å². The van der Waals surface area contributed by atoms with Gasteiger partial charge in [0.25, 0.3) is 0 Å². The van der Waals surface area contributed by atoms with Gasteiger partial charge in [0, 0.05) is 24.7 Å². The predicted octanol–water partition coefficient (Wildman–Crippen LogP) is 2.52. The lowest BCUT2D eigenvalue weighted by Crippen LogP contribution is -2.28. The summed E-state index contributed by atoms with van der Waals surface area (Å²) in [4.78, 5) is 6.44. The molecule has 0 radical (unpaired) electrons. The normalized spacial score (nSPS) is 10.1. The number of nitrogens with zero attached hydrogens (tertiary/aromatic N) is 3. The van der Waals surface area contributed by atoms with Gasteiger partial charge in [0.1, 0.15) is 0 Å². The van der Waals surface area contributed by atoms with Crippen LogP contribution in [0.4, 0.5) is 5.13 Å². The predicted molar refractivity (Wildman–Crippen MR) is 59.4 cm³/mol. The van der Waals surface area contributed by atoms with Gasteiger partial charge < -0.3 is 4.90 Å². The molecular weight excluding hydrogens is 194 g/mol. The zero-order valence-corrected chi connectivity index (χ0v) is 9.42. The first-order valence-electron chi connectivity index (χ1n) is 4.75. The Morgan fingerprint density at radius 2 is 2.43 bits per heavy atom. The fourth-order valence-corrected chi connectivity index (χ4v) is 1.94. The Morgan fingerprint density at radius 1 is 1.64 bits per heavy atom. The highest BCUT2D eigenvalue weighted by Crippen LogP contribution is 2.18. The molecule has 0 atom stereocenters. The molecule has 1 rings (SSSR count). The summed E-state index contributed by atoms with van der Waals surface area (Å²) >= 11 is 1.63. The minimum absolute atomic E-state index is 0.562. The average Bonchev–Trinajstić information content (AvgIpc) is 2.64. The maximum Gasteiger partial charge on any atom is 0.185 e. The van der Waals surface area contributed by atoms with Crippen LogP contribution in [-0.4, -0.2) is 18.1 Å². The minimum Gasteiger partial charge on any atom is -0.347 e. The van der Waals surface area contributed by atoms with E-state index in [-0.39, 0.29) is 0 Å². The van der Waals surface area contributed by atoms with E-state index >= 15 is 0 Å². The molecule has 1 aromatic rings. The molecule has 0 amide bonds. The van der Waals surface area contributed by atoms with Crippen molar-refractivity contribution in [2.75, 3.05) is 18.0 Å². The van der Waals surface area contributed by atoms with Gasteiger partial charge in [0.05, 0.1) is 12.5 Å². The van der Waals surface area contributed by atoms with Gasteiger partial charge in [-0.05, 0) is 5.92 Å². The molecule has 76 valence electrons. The maximum atomic E-state index is 8.55. The molecule has 3 nitrogen and oxygen atoms in total. The molecule has 14 heavy (non-hydrogen) atoms. The number of thiazole rings is 1. The summed E-state index contributed by atoms with van der Waals surface area (Å²) in [6, 6.07) is 2.17. The Kier molecular flexibility index (Phi) is 4.41. The van der Waals surface area contributed by atoms with E-state index in [1.54, 1.807) is 17.5 Å². The quantitative estimate of drug-likeness (QED) is 0.748. The summed E-state index contributed by atoms with van der Waals surface area (Å²) < 4.78 is 0. The summed E-state index contributed by atoms with van der Waals surface area (Å²) in [7, 11) is 0. The van der Waals surface area contributed by atoms with Crippen molar-refractivity contribution >= 4 is 16.5 Å². The van der Waals surface area contributed by atoms with E-state index in [1.165, 1.54) is 0 Å². The van der Waals surface area contributed by atoms with Crippen molar-refractivity contribution in [3.05, 3.63) is 11.6 Å². The number of hydrogen-bond acceptors (Lipinski definition) is 4. The molecule has 4 heteroatoms. The van der Waals surface area contributed by atoms with Crippen molar-refractivity contribution in [2.45, 2.75) is 20.3 Å². The van der Waals surface area contributed by atoms with E-state index in [1.807, 2.05) is 5.38 Å². The van der Waals surface area contributed by atoms with Gasteiger partial charge in [-0.2, -0.15) is 5.26 Å². The summed E-state index contributed by atoms with van der Waals surface area (Å²) in [6.07, 6.45) is 2.37. The molecule has 0 aromatic carbocycles. The van der Waals surface area contributed by atoms with Crippen LogP contribution in [0.5, 0.6) is 0 Å². The van der Waals surface area contributed by atoms with Crippen molar-refractivity contribution in [1.82, 2.24) is 4.98 Å². The van der Waals surface area contributed by atoms with Crippen molar-refractivity contribution in [1.29, 1.82) is 5.26 Å². The van der Waals surface area contributed by atoms with Crippen LogP contribution in [0.15, 0.2) is 11.6 Å². The smallest absolute Gasteiger partial charge is 0.185 e. The minimum atomic E-state index is 0.562. The second-order valence-electron chi connectivity index (χ2n) is 3.56. The molecule has 0 bridgehead atoms. The molecule has 0 spiro atoms. The highest BCUT2D eigenvalue weighted by Gasteiger charge is 2.09. The SMILES string of the molecule is CC(C)CN(CCC#N)c1nccs1. The molecule has 0 N–H and O–H groups in total. The van der Waals surface area contributed by atoms with Gasteiger partial charge in [-0.3, -0.25) is 0 Å². The van der Waals surface area contributed by atoms with Crippen LogP contribution in [0.1, 0.15) is 20.3 Å². The third kappa shape index (κ3) is 3.35. The summed E-state index contributed by atoms with van der Waals surface area (Å²) in [5.41, 5.74) is 0. The van der Waals surface area contributed by atoms with Crippen LogP contribution in [0.3, 0.4) is 0 Å². The number of nitriles is 1. The van der Waals surface area contributed by atoms with Crippen molar-refractivity contribution in [3.8, 4) is 6.07 Å². The van der Waals surface area contributed by atoms with Crippen molar-refractivity contribution in [3.63, 3.8) is 0 Å². The zero-order chi connectivity index (χ0) is 10.4. The molecule has 0 saturated heterocycles. The largest absolute Gasteiger partial charge is 0.347 e. The van der Waals surface area contributed by atoms with Crippen LogP contribution >= 0.6 is 11.3 Å². The van der Waals surface area contributed by atoms with Crippen LogP contribution in [0, 0.1) is 17.2 Å². The first-order valence-corrected chi connectivity index (χ1v) is 5.63. The Bertz CT molecular complexity index is 287.